The molecule has 0 aromatic carbocycles. The molecular weight excluding hydrogens is 256 g/mol. The molecule has 0 amide bonds. The Morgan fingerprint density at radius 3 is 2.50 bits per heavy atom. The first-order chi connectivity index (χ1) is 8.35. The minimum Gasteiger partial charge on any atom is -0.466 e. The molecule has 0 N–H and O–H groups in total. The van der Waals surface area contributed by atoms with E-state index in [1.807, 2.05) is 6.07 Å². The maximum absolute atomic E-state index is 12.0. The molecule has 0 atom stereocenters. The summed E-state index contributed by atoms with van der Waals surface area (Å²) in [4.78, 5) is 11.1. The molecule has 0 spiro atoms. The molecule has 0 fully saturated rings. The van der Waals surface area contributed by atoms with Crippen LogP contribution in [0.25, 0.3) is 0 Å². The normalized spacial score (nSPS) is 11.6. The fraction of sp³-hybridized carbons (Fsp3) is 0.818. The van der Waals surface area contributed by atoms with Crippen LogP contribution in [-0.4, -0.2) is 43.6 Å². The zero-order valence-corrected chi connectivity index (χ0v) is 11.9. The smallest absolute Gasteiger partial charge is 0.306 e. The Morgan fingerprint density at radius 2 is 2.06 bits per heavy atom. The second-order valence-corrected chi connectivity index (χ2v) is 6.02. The van der Waals surface area contributed by atoms with Gasteiger partial charge in [-0.05, 0) is 20.8 Å². The van der Waals surface area contributed by atoms with Gasteiger partial charge < -0.3 is 4.74 Å². The lowest BCUT2D eigenvalue weighted by Gasteiger charge is -2.24. The van der Waals surface area contributed by atoms with Crippen molar-refractivity contribution in [1.82, 2.24) is 4.31 Å². The molecule has 6 nitrogen and oxygen atoms in total. The number of hydrogen-bond acceptors (Lipinski definition) is 5. The largest absolute Gasteiger partial charge is 0.466 e. The number of nitriles is 1. The molecule has 0 heterocycles. The summed E-state index contributed by atoms with van der Waals surface area (Å²) in [6, 6.07) is 1.68. The van der Waals surface area contributed by atoms with Crippen LogP contribution in [0.2, 0.25) is 0 Å². The predicted molar refractivity (Wildman–Crippen MR) is 67.1 cm³/mol. The van der Waals surface area contributed by atoms with Crippen molar-refractivity contribution in [1.29, 1.82) is 5.26 Å². The SMILES string of the molecule is CCOC(=O)CCS(=O)(=O)N(CCC#N)C(C)C. The van der Waals surface area contributed by atoms with Crippen molar-refractivity contribution >= 4 is 16.0 Å². The molecule has 0 aliphatic rings. The summed E-state index contributed by atoms with van der Waals surface area (Å²) in [6.07, 6.45) is -0.0250. The van der Waals surface area contributed by atoms with Crippen LogP contribution in [0.4, 0.5) is 0 Å². The molecule has 0 radical (unpaired) electrons. The lowest BCUT2D eigenvalue weighted by molar-refractivity contribution is -0.142. The van der Waals surface area contributed by atoms with E-state index in [0.29, 0.717) is 0 Å². The molecule has 18 heavy (non-hydrogen) atoms. The second kappa shape index (κ2) is 8.06. The van der Waals surface area contributed by atoms with Gasteiger partial charge in [0.05, 0.1) is 24.8 Å². The predicted octanol–water partition coefficient (Wildman–Crippen LogP) is 0.893. The van der Waals surface area contributed by atoms with E-state index in [-0.39, 0.29) is 37.8 Å². The van der Waals surface area contributed by atoms with Crippen molar-refractivity contribution in [3.05, 3.63) is 0 Å². The van der Waals surface area contributed by atoms with Gasteiger partial charge in [0.15, 0.2) is 0 Å². The van der Waals surface area contributed by atoms with Crippen LogP contribution < -0.4 is 0 Å². The van der Waals surface area contributed by atoms with E-state index in [9.17, 15) is 13.2 Å². The molecule has 0 aliphatic heterocycles. The highest BCUT2D eigenvalue weighted by Crippen LogP contribution is 2.10. The summed E-state index contributed by atoms with van der Waals surface area (Å²) in [5.74, 6) is -0.805. The summed E-state index contributed by atoms with van der Waals surface area (Å²) in [7, 11) is -3.53. The Kier molecular flexibility index (Phi) is 7.55. The number of rotatable bonds is 8. The van der Waals surface area contributed by atoms with E-state index in [0.717, 1.165) is 0 Å². The van der Waals surface area contributed by atoms with Gasteiger partial charge in [0, 0.05) is 19.0 Å². The Labute approximate surface area is 109 Å². The molecule has 0 bridgehead atoms. The summed E-state index contributed by atoms with van der Waals surface area (Å²) in [5, 5.41) is 8.51. The number of sulfonamides is 1. The highest BCUT2D eigenvalue weighted by Gasteiger charge is 2.25. The molecule has 0 rings (SSSR count). The zero-order chi connectivity index (χ0) is 14.2. The summed E-state index contributed by atoms with van der Waals surface area (Å²) >= 11 is 0. The van der Waals surface area contributed by atoms with Gasteiger partial charge in [0.25, 0.3) is 0 Å². The monoisotopic (exact) mass is 276 g/mol. The minimum atomic E-state index is -3.53. The van der Waals surface area contributed by atoms with Crippen molar-refractivity contribution in [2.75, 3.05) is 18.9 Å². The third kappa shape index (κ3) is 5.98. The van der Waals surface area contributed by atoms with Crippen LogP contribution in [0.15, 0.2) is 0 Å². The Bertz CT molecular complexity index is 398. The van der Waals surface area contributed by atoms with E-state index in [2.05, 4.69) is 4.74 Å². The Morgan fingerprint density at radius 1 is 1.44 bits per heavy atom. The third-order valence-corrected chi connectivity index (χ3v) is 4.29. The van der Waals surface area contributed by atoms with E-state index in [1.165, 1.54) is 4.31 Å². The van der Waals surface area contributed by atoms with Gasteiger partial charge in [0.1, 0.15) is 0 Å². The molecule has 0 saturated heterocycles. The molecule has 104 valence electrons. The standard InChI is InChI=1S/C11H20N2O4S/c1-4-17-11(14)6-9-18(15,16)13(10(2)3)8-5-7-12/h10H,4-6,8-9H2,1-3H3. The highest BCUT2D eigenvalue weighted by atomic mass is 32.2. The van der Waals surface area contributed by atoms with E-state index < -0.39 is 16.0 Å². The average Bonchev–Trinajstić information content (AvgIpc) is 2.27. The topological polar surface area (TPSA) is 87.5 Å². The van der Waals surface area contributed by atoms with Gasteiger partial charge in [-0.25, -0.2) is 8.42 Å². The van der Waals surface area contributed by atoms with Crippen molar-refractivity contribution in [3.8, 4) is 6.07 Å². The maximum Gasteiger partial charge on any atom is 0.306 e. The molecule has 0 aromatic rings. The molecule has 7 heteroatoms. The highest BCUT2D eigenvalue weighted by molar-refractivity contribution is 7.89. The third-order valence-electron chi connectivity index (χ3n) is 2.25. The van der Waals surface area contributed by atoms with E-state index in [4.69, 9.17) is 5.26 Å². The summed E-state index contributed by atoms with van der Waals surface area (Å²) in [5.41, 5.74) is 0. The Hall–Kier alpha value is -1.13. The number of hydrogen-bond donors (Lipinski definition) is 0. The maximum atomic E-state index is 12.0. The van der Waals surface area contributed by atoms with Crippen LogP contribution in [0, 0.1) is 11.3 Å². The summed E-state index contributed by atoms with van der Waals surface area (Å²) < 4.78 is 29.9. The zero-order valence-electron chi connectivity index (χ0n) is 11.0. The molecular formula is C11H20N2O4S. The van der Waals surface area contributed by atoms with Crippen molar-refractivity contribution in [2.24, 2.45) is 0 Å². The molecule has 0 aromatic heterocycles. The van der Waals surface area contributed by atoms with Crippen molar-refractivity contribution in [3.63, 3.8) is 0 Å². The van der Waals surface area contributed by atoms with Crippen LogP contribution >= 0.6 is 0 Å². The van der Waals surface area contributed by atoms with E-state index >= 15 is 0 Å². The van der Waals surface area contributed by atoms with Gasteiger partial charge in [-0.1, -0.05) is 0 Å². The van der Waals surface area contributed by atoms with Gasteiger partial charge in [-0.2, -0.15) is 9.57 Å². The second-order valence-electron chi connectivity index (χ2n) is 3.98. The average molecular weight is 276 g/mol. The number of carbonyl (C=O) groups excluding carboxylic acids is 1. The minimum absolute atomic E-state index is 0.136. The first kappa shape index (κ1) is 16.9. The van der Waals surface area contributed by atoms with Crippen LogP contribution in [-0.2, 0) is 19.6 Å². The molecule has 0 aliphatic carbocycles. The first-order valence-corrected chi connectivity index (χ1v) is 7.48. The number of nitrogens with zero attached hydrogens (tertiary/aromatic N) is 2. The van der Waals surface area contributed by atoms with Crippen molar-refractivity contribution in [2.45, 2.75) is 39.7 Å². The van der Waals surface area contributed by atoms with E-state index in [1.54, 1.807) is 20.8 Å². The lowest BCUT2D eigenvalue weighted by Crippen LogP contribution is -2.39. The number of carbonyl (C=O) groups is 1. The Balaban J connectivity index is 4.56. The van der Waals surface area contributed by atoms with Gasteiger partial charge >= 0.3 is 5.97 Å². The molecule has 0 unspecified atom stereocenters. The van der Waals surface area contributed by atoms with Gasteiger partial charge in [-0.3, -0.25) is 4.79 Å². The number of ether oxygens (including phenoxy) is 1. The summed E-state index contributed by atoms with van der Waals surface area (Å²) in [6.45, 7) is 5.53. The van der Waals surface area contributed by atoms with Crippen molar-refractivity contribution < 1.29 is 17.9 Å². The molecule has 0 saturated carbocycles. The van der Waals surface area contributed by atoms with Gasteiger partial charge in [-0.15, -0.1) is 0 Å². The first-order valence-electron chi connectivity index (χ1n) is 5.87. The van der Waals surface area contributed by atoms with Crippen LogP contribution in [0.5, 0.6) is 0 Å². The van der Waals surface area contributed by atoms with Crippen LogP contribution in [0.3, 0.4) is 0 Å². The quantitative estimate of drug-likeness (QED) is 0.614. The van der Waals surface area contributed by atoms with Gasteiger partial charge in [0.2, 0.25) is 10.0 Å². The van der Waals surface area contributed by atoms with Crippen LogP contribution in [0.1, 0.15) is 33.6 Å². The fourth-order valence-electron chi connectivity index (χ4n) is 1.44. The fourth-order valence-corrected chi connectivity index (χ4v) is 3.11. The number of esters is 1. The lowest BCUT2D eigenvalue weighted by atomic mass is 10.3.